The lowest BCUT2D eigenvalue weighted by molar-refractivity contribution is 0.0421. The molecule has 0 spiro atoms. The molecule has 98 heavy (non-hydrogen) atoms. The summed E-state index contributed by atoms with van der Waals surface area (Å²) in [5.41, 5.74) is 12.3. The minimum atomic E-state index is 0. The summed E-state index contributed by atoms with van der Waals surface area (Å²) in [6.07, 6.45) is 46.9. The minimum Gasteiger partial charge on any atom is -0.508 e. The first-order valence-electron chi connectivity index (χ1n) is 42.1. The van der Waals surface area contributed by atoms with E-state index in [9.17, 15) is 5.11 Å². The van der Waals surface area contributed by atoms with E-state index >= 15 is 0 Å². The maximum atomic E-state index is 9.55. The highest BCUT2D eigenvalue weighted by atomic mass is 16.3. The van der Waals surface area contributed by atoms with Crippen molar-refractivity contribution < 1.29 is 5.11 Å². The molecular weight excluding hydrogens is 1180 g/mol. The first-order chi connectivity index (χ1) is 46.0. The van der Waals surface area contributed by atoms with Crippen molar-refractivity contribution in [3.05, 3.63) is 124 Å². The van der Waals surface area contributed by atoms with Gasteiger partial charge in [-0.15, -0.1) is 0 Å². The highest BCUT2D eigenvalue weighted by molar-refractivity contribution is 5.64. The molecular formula is C97H168O. The van der Waals surface area contributed by atoms with Crippen molar-refractivity contribution in [2.45, 2.75) is 372 Å². The molecule has 8 fully saturated rings. The van der Waals surface area contributed by atoms with Gasteiger partial charge in [0.2, 0.25) is 0 Å². The molecule has 0 heterocycles. The van der Waals surface area contributed by atoms with Gasteiger partial charge in [-0.05, 0) is 254 Å². The van der Waals surface area contributed by atoms with Crippen molar-refractivity contribution in [3.63, 3.8) is 0 Å². The van der Waals surface area contributed by atoms with E-state index in [1.807, 2.05) is 6.07 Å². The van der Waals surface area contributed by atoms with Crippen LogP contribution < -0.4 is 0 Å². The fraction of sp³-hybridized carbons (Fsp3) is 0.753. The SMILES string of the molecule is C.C.CC1CCC(C(C)(C)C2CCC(C)CC2)CC1.CC1CCC(C)C1.CC1CCC(C)CC1.CCC.CCC1CC2C3CC(CC)C(C3)C2C1.CCC1CCC(CC)CC1.CCc1cc(O)c(CC)cc1C.CCc1ccc(-c2ccc(CC)cc2)cc1.CCc1ccc(C)cc1. The molecule has 0 radical (unpaired) electrons. The molecule has 8 aliphatic carbocycles. The van der Waals surface area contributed by atoms with Crippen LogP contribution in [0, 0.1) is 114 Å². The molecule has 4 aromatic carbocycles. The molecule has 8 unspecified atom stereocenters. The molecule has 1 heteroatoms. The van der Waals surface area contributed by atoms with E-state index in [-0.39, 0.29) is 14.9 Å². The first-order valence-corrected chi connectivity index (χ1v) is 42.1. The molecule has 12 rings (SSSR count). The van der Waals surface area contributed by atoms with Gasteiger partial charge in [0.15, 0.2) is 0 Å². The number of rotatable bonds is 12. The molecule has 0 aliphatic heterocycles. The van der Waals surface area contributed by atoms with Crippen LogP contribution in [0.2, 0.25) is 0 Å². The van der Waals surface area contributed by atoms with Crippen molar-refractivity contribution in [2.24, 2.45) is 100 Å². The van der Waals surface area contributed by atoms with Gasteiger partial charge in [-0.25, -0.2) is 0 Å². The Bertz CT molecular complexity index is 2420. The number of hydrogen-bond donors (Lipinski definition) is 1. The second-order valence-corrected chi connectivity index (χ2v) is 34.2. The van der Waals surface area contributed by atoms with Crippen LogP contribution in [-0.4, -0.2) is 5.11 Å². The number of fused-ring (bicyclic) bond motifs is 5. The minimum absolute atomic E-state index is 0. The van der Waals surface area contributed by atoms with Crippen LogP contribution in [0.4, 0.5) is 0 Å². The summed E-state index contributed by atoms with van der Waals surface area (Å²) in [6, 6.07) is 30.3. The topological polar surface area (TPSA) is 20.2 Å². The lowest BCUT2D eigenvalue weighted by Crippen LogP contribution is -2.36. The Balaban J connectivity index is 0.000000383. The van der Waals surface area contributed by atoms with E-state index in [1.54, 1.807) is 25.7 Å². The Labute approximate surface area is 614 Å². The third kappa shape index (κ3) is 31.3. The number of phenols is 1. The largest absolute Gasteiger partial charge is 0.508 e. The fourth-order valence-corrected chi connectivity index (χ4v) is 18.6. The number of benzene rings is 4. The van der Waals surface area contributed by atoms with E-state index in [4.69, 9.17) is 0 Å². The second-order valence-electron chi connectivity index (χ2n) is 34.2. The number of aryl methyl sites for hydroxylation is 7. The predicted octanol–water partition coefficient (Wildman–Crippen LogP) is 31.2. The van der Waals surface area contributed by atoms with Gasteiger partial charge in [0.1, 0.15) is 5.75 Å². The molecule has 4 aromatic rings. The summed E-state index contributed by atoms with van der Waals surface area (Å²) >= 11 is 0. The molecule has 8 aliphatic rings. The van der Waals surface area contributed by atoms with Crippen molar-refractivity contribution in [1.29, 1.82) is 0 Å². The zero-order valence-electron chi connectivity index (χ0n) is 67.6. The zero-order valence-corrected chi connectivity index (χ0v) is 67.6. The molecule has 0 aromatic heterocycles. The van der Waals surface area contributed by atoms with E-state index in [1.165, 1.54) is 210 Å². The van der Waals surface area contributed by atoms with Crippen LogP contribution in [0.15, 0.2) is 84.9 Å². The summed E-state index contributed by atoms with van der Waals surface area (Å²) in [7, 11) is 0. The third-order valence-corrected chi connectivity index (χ3v) is 26.2. The predicted molar refractivity (Wildman–Crippen MR) is 443 cm³/mol. The Morgan fingerprint density at radius 1 is 0.347 bits per heavy atom. The molecule has 8 atom stereocenters. The first kappa shape index (κ1) is 90.8. The molecule has 2 bridgehead atoms. The van der Waals surface area contributed by atoms with Crippen LogP contribution in [0.25, 0.3) is 11.1 Å². The van der Waals surface area contributed by atoms with E-state index in [0.29, 0.717) is 11.2 Å². The number of phenolic OH excluding ortho intramolecular Hbond substituents is 1. The quantitative estimate of drug-likeness (QED) is 0.150. The maximum Gasteiger partial charge on any atom is 0.119 e. The monoisotopic (exact) mass is 1350 g/mol. The van der Waals surface area contributed by atoms with Gasteiger partial charge < -0.3 is 5.11 Å². The van der Waals surface area contributed by atoms with Crippen molar-refractivity contribution >= 4 is 0 Å². The Morgan fingerprint density at radius 3 is 1.02 bits per heavy atom. The molecule has 0 saturated heterocycles. The van der Waals surface area contributed by atoms with Gasteiger partial charge >= 0.3 is 0 Å². The summed E-state index contributed by atoms with van der Waals surface area (Å²) in [5, 5.41) is 9.55. The van der Waals surface area contributed by atoms with Crippen LogP contribution in [-0.2, 0) is 32.1 Å². The normalized spacial score (nSPS) is 28.6. The molecule has 0 amide bonds. The Hall–Kier alpha value is -3.32. The van der Waals surface area contributed by atoms with Gasteiger partial charge in [0.05, 0.1) is 0 Å². The lowest BCUT2D eigenvalue weighted by atomic mass is 9.59. The van der Waals surface area contributed by atoms with Crippen molar-refractivity contribution in [1.82, 2.24) is 0 Å². The van der Waals surface area contributed by atoms with Gasteiger partial charge in [-0.1, -0.05) is 353 Å². The average Bonchev–Trinajstić information content (AvgIpc) is 1.59. The van der Waals surface area contributed by atoms with Crippen LogP contribution in [0.1, 0.15) is 365 Å². The van der Waals surface area contributed by atoms with Gasteiger partial charge in [0.25, 0.3) is 0 Å². The van der Waals surface area contributed by atoms with E-state index < -0.39 is 0 Å². The highest BCUT2D eigenvalue weighted by Gasteiger charge is 2.54. The summed E-state index contributed by atoms with van der Waals surface area (Å²) < 4.78 is 0. The molecule has 1 N–H and O–H groups in total. The second kappa shape index (κ2) is 49.4. The smallest absolute Gasteiger partial charge is 0.119 e. The molecule has 8 saturated carbocycles. The van der Waals surface area contributed by atoms with Gasteiger partial charge in [-0.3, -0.25) is 0 Å². The number of hydrogen-bond acceptors (Lipinski definition) is 1. The van der Waals surface area contributed by atoms with Crippen LogP contribution >= 0.6 is 0 Å². The third-order valence-electron chi connectivity index (χ3n) is 26.2. The maximum absolute atomic E-state index is 9.55. The summed E-state index contributed by atoms with van der Waals surface area (Å²) in [6.45, 7) is 48.1. The van der Waals surface area contributed by atoms with Crippen molar-refractivity contribution in [3.8, 4) is 16.9 Å². The van der Waals surface area contributed by atoms with E-state index in [0.717, 1.165) is 121 Å². The van der Waals surface area contributed by atoms with E-state index in [2.05, 4.69) is 224 Å². The van der Waals surface area contributed by atoms with Crippen LogP contribution in [0.3, 0.4) is 0 Å². The van der Waals surface area contributed by atoms with Crippen molar-refractivity contribution in [2.75, 3.05) is 0 Å². The summed E-state index contributed by atoms with van der Waals surface area (Å²) in [5.74, 6) is 17.6. The lowest BCUT2D eigenvalue weighted by Gasteiger charge is -2.46. The number of aromatic hydroxyl groups is 1. The standard InChI is InChI=1S/C17H32.C16H18.C14H24.C11H16O.C10H20.C9H12.C8H16.C7H14.C3H8.2CH4/c1-13-5-9-15(10-6-13)17(3,4)16-11-7-14(2)8-12-16;1-3-13-5-9-15(10-6-13)16-11-7-14(4-2)8-12-16;1-3-9-5-12-11-7-10(4-2)13(8-11)14(12)6-9;1-4-9-7-11(12)10(5-2)6-8(9)3;1-3-9-5-7-10(4-2)8-6-9;1-3-9-6-4-8(2)5-7-9;1-7-3-5-8(2)6-4-7;1-6-3-4-7(2)5-6;1-3-2;;/h13-16H,5-12H2,1-4H3;5-12H,3-4H2,1-2H3;9-14H,3-8H2,1-2H3;6-7,12H,4-5H2,1-3H3;9-10H,3-8H2,1-2H3;4-7H,3H2,1-2H3;7-8H,3-6H2,1-2H3;6-7H,3-5H2,1-2H3;3H2,1-2H3;2*1H4. The highest BCUT2D eigenvalue weighted by Crippen LogP contribution is 2.63. The molecule has 562 valence electrons. The average molecular weight is 1350 g/mol. The molecule has 1 nitrogen and oxygen atoms in total. The Kier molecular flexibility index (Phi) is 45.7. The fourth-order valence-electron chi connectivity index (χ4n) is 18.6. The summed E-state index contributed by atoms with van der Waals surface area (Å²) in [4.78, 5) is 0. The zero-order chi connectivity index (χ0) is 70.7. The van der Waals surface area contributed by atoms with Gasteiger partial charge in [0, 0.05) is 0 Å². The Morgan fingerprint density at radius 2 is 0.694 bits per heavy atom. The van der Waals surface area contributed by atoms with Crippen LogP contribution in [0.5, 0.6) is 5.75 Å². The van der Waals surface area contributed by atoms with Gasteiger partial charge in [-0.2, -0.15) is 0 Å².